The van der Waals surface area contributed by atoms with Crippen LogP contribution in [0.5, 0.6) is 11.5 Å². The zero-order chi connectivity index (χ0) is 19.2. The molecule has 2 heterocycles. The molecule has 7 nitrogen and oxygen atoms in total. The topological polar surface area (TPSA) is 79.4 Å². The summed E-state index contributed by atoms with van der Waals surface area (Å²) >= 11 is 1.50. The summed E-state index contributed by atoms with van der Waals surface area (Å²) in [6, 6.07) is 9.00. The van der Waals surface area contributed by atoms with Crippen molar-refractivity contribution in [3.63, 3.8) is 0 Å². The molecule has 0 unspecified atom stereocenters. The summed E-state index contributed by atoms with van der Waals surface area (Å²) in [5, 5.41) is 5.06. The zero-order valence-corrected chi connectivity index (χ0v) is 15.9. The van der Waals surface area contributed by atoms with Gasteiger partial charge in [0.15, 0.2) is 0 Å². The Labute approximate surface area is 160 Å². The van der Waals surface area contributed by atoms with Gasteiger partial charge in [-0.15, -0.1) is 23.4 Å². The first kappa shape index (κ1) is 18.8. The molecule has 0 aliphatic carbocycles. The molecule has 0 atom stereocenters. The van der Waals surface area contributed by atoms with Crippen molar-refractivity contribution in [2.24, 2.45) is 0 Å². The number of hydrogen-bond donors (Lipinski definition) is 0. The van der Waals surface area contributed by atoms with E-state index in [9.17, 15) is 4.79 Å². The maximum Gasteiger partial charge on any atom is 0.437 e. The molecule has 0 N–H and O–H groups in total. The van der Waals surface area contributed by atoms with Crippen molar-refractivity contribution in [2.75, 3.05) is 20.0 Å². The molecule has 8 heteroatoms. The molecule has 0 aliphatic heterocycles. The van der Waals surface area contributed by atoms with Crippen LogP contribution in [-0.4, -0.2) is 34.7 Å². The number of hydrogen-bond acceptors (Lipinski definition) is 7. The molecule has 0 spiro atoms. The maximum absolute atomic E-state index is 12.3. The van der Waals surface area contributed by atoms with Crippen molar-refractivity contribution in [1.29, 1.82) is 0 Å². The predicted molar refractivity (Wildman–Crippen MR) is 104 cm³/mol. The van der Waals surface area contributed by atoms with Gasteiger partial charge >= 0.3 is 5.76 Å². The second-order valence-corrected chi connectivity index (χ2v) is 6.52. The highest BCUT2D eigenvalue weighted by atomic mass is 32.2. The van der Waals surface area contributed by atoms with Gasteiger partial charge in [0.2, 0.25) is 0 Å². The van der Waals surface area contributed by atoms with Crippen LogP contribution in [0.2, 0.25) is 0 Å². The van der Waals surface area contributed by atoms with E-state index in [-0.39, 0.29) is 12.4 Å². The van der Waals surface area contributed by atoms with Crippen LogP contribution in [0.3, 0.4) is 0 Å². The first-order chi connectivity index (χ1) is 13.1. The Hall–Kier alpha value is -3.00. The molecule has 0 aliphatic rings. The number of thioether (sulfide) groups is 1. The SMILES string of the molecule is C=CCSc1ncccc1-c1nn(Cc2cc(OC)cc(OC)c2)c(=O)o1. The van der Waals surface area contributed by atoms with Crippen molar-refractivity contribution in [3.8, 4) is 23.0 Å². The van der Waals surface area contributed by atoms with Crippen molar-refractivity contribution >= 4 is 11.8 Å². The van der Waals surface area contributed by atoms with Gasteiger partial charge in [0, 0.05) is 18.0 Å². The molecule has 3 aromatic rings. The Morgan fingerprint density at radius 3 is 2.67 bits per heavy atom. The van der Waals surface area contributed by atoms with Crippen LogP contribution in [-0.2, 0) is 6.54 Å². The van der Waals surface area contributed by atoms with Crippen LogP contribution in [0.1, 0.15) is 5.56 Å². The maximum atomic E-state index is 12.3. The fourth-order valence-electron chi connectivity index (χ4n) is 2.45. The molecular formula is C19H19N3O4S. The van der Waals surface area contributed by atoms with Crippen LogP contribution in [0, 0.1) is 0 Å². The summed E-state index contributed by atoms with van der Waals surface area (Å²) in [5.74, 6) is 1.65. The van der Waals surface area contributed by atoms with Gasteiger partial charge in [-0.05, 0) is 29.8 Å². The van der Waals surface area contributed by atoms with E-state index in [0.717, 1.165) is 10.6 Å². The average Bonchev–Trinajstić information content (AvgIpc) is 3.06. The van der Waals surface area contributed by atoms with E-state index in [2.05, 4.69) is 16.7 Å². The van der Waals surface area contributed by atoms with E-state index in [4.69, 9.17) is 13.9 Å². The third kappa shape index (κ3) is 4.40. The minimum atomic E-state index is -0.546. The number of ether oxygens (including phenoxy) is 2. The minimum Gasteiger partial charge on any atom is -0.497 e. The van der Waals surface area contributed by atoms with Gasteiger partial charge in [0.05, 0.1) is 26.3 Å². The Bertz CT molecular complexity index is 974. The number of rotatable bonds is 8. The van der Waals surface area contributed by atoms with Crippen LogP contribution < -0.4 is 15.2 Å². The molecule has 140 valence electrons. The predicted octanol–water partition coefficient (Wildman–Crippen LogP) is 3.24. The van der Waals surface area contributed by atoms with Gasteiger partial charge in [0.1, 0.15) is 16.5 Å². The Morgan fingerprint density at radius 2 is 2.00 bits per heavy atom. The summed E-state index contributed by atoms with van der Waals surface area (Å²) in [6.07, 6.45) is 3.47. The third-order valence-electron chi connectivity index (χ3n) is 3.69. The third-order valence-corrected chi connectivity index (χ3v) is 4.69. The molecule has 27 heavy (non-hydrogen) atoms. The second kappa shape index (κ2) is 8.59. The fourth-order valence-corrected chi connectivity index (χ4v) is 3.17. The van der Waals surface area contributed by atoms with Gasteiger partial charge in [-0.1, -0.05) is 6.08 Å². The molecule has 1 aromatic carbocycles. The standard InChI is InChI=1S/C19H19N3O4S/c1-4-8-27-18-16(6-5-7-20-18)17-21-22(19(23)26-17)12-13-9-14(24-2)11-15(10-13)25-3/h4-7,9-11H,1,8,12H2,2-3H3. The van der Waals surface area contributed by atoms with Gasteiger partial charge < -0.3 is 13.9 Å². The highest BCUT2D eigenvalue weighted by molar-refractivity contribution is 7.99. The van der Waals surface area contributed by atoms with Gasteiger partial charge in [-0.25, -0.2) is 9.78 Å². The number of pyridine rings is 1. The number of nitrogens with zero attached hydrogens (tertiary/aromatic N) is 3. The summed E-state index contributed by atoms with van der Waals surface area (Å²) in [5.41, 5.74) is 1.48. The van der Waals surface area contributed by atoms with Gasteiger partial charge in [-0.2, -0.15) is 4.68 Å². The fraction of sp³-hybridized carbons (Fsp3) is 0.211. The highest BCUT2D eigenvalue weighted by Crippen LogP contribution is 2.28. The number of benzene rings is 1. The van der Waals surface area contributed by atoms with E-state index in [0.29, 0.717) is 22.8 Å². The van der Waals surface area contributed by atoms with Gasteiger partial charge in [-0.3, -0.25) is 0 Å². The molecule has 0 fully saturated rings. The van der Waals surface area contributed by atoms with Crippen LogP contribution >= 0.6 is 11.8 Å². The molecular weight excluding hydrogens is 366 g/mol. The number of methoxy groups -OCH3 is 2. The molecule has 2 aromatic heterocycles. The summed E-state index contributed by atoms with van der Waals surface area (Å²) in [7, 11) is 3.15. The van der Waals surface area contributed by atoms with Crippen molar-refractivity contribution in [2.45, 2.75) is 11.6 Å². The largest absolute Gasteiger partial charge is 0.497 e. The van der Waals surface area contributed by atoms with Crippen molar-refractivity contribution in [1.82, 2.24) is 14.8 Å². The summed E-state index contributed by atoms with van der Waals surface area (Å²) in [4.78, 5) is 16.6. The van der Waals surface area contributed by atoms with Crippen LogP contribution in [0.25, 0.3) is 11.5 Å². The quantitative estimate of drug-likeness (QED) is 0.435. The smallest absolute Gasteiger partial charge is 0.437 e. The van der Waals surface area contributed by atoms with E-state index in [1.54, 1.807) is 38.6 Å². The van der Waals surface area contributed by atoms with Gasteiger partial charge in [0.25, 0.3) is 5.89 Å². The lowest BCUT2D eigenvalue weighted by atomic mass is 10.2. The first-order valence-corrected chi connectivity index (χ1v) is 9.12. The zero-order valence-electron chi connectivity index (χ0n) is 15.0. The van der Waals surface area contributed by atoms with Crippen LogP contribution in [0.15, 0.2) is 63.4 Å². The molecule has 0 saturated heterocycles. The molecule has 0 bridgehead atoms. The molecule has 0 radical (unpaired) electrons. The Balaban J connectivity index is 1.92. The van der Waals surface area contributed by atoms with E-state index >= 15 is 0 Å². The molecule has 3 rings (SSSR count). The summed E-state index contributed by atoms with van der Waals surface area (Å²) in [6.45, 7) is 3.94. The average molecular weight is 385 g/mol. The second-order valence-electron chi connectivity index (χ2n) is 5.51. The minimum absolute atomic E-state index is 0.227. The monoisotopic (exact) mass is 385 g/mol. The highest BCUT2D eigenvalue weighted by Gasteiger charge is 2.15. The normalized spacial score (nSPS) is 10.6. The van der Waals surface area contributed by atoms with Crippen molar-refractivity contribution in [3.05, 3.63) is 65.3 Å². The number of aromatic nitrogens is 3. The Kier molecular flexibility index (Phi) is 5.97. The lowest BCUT2D eigenvalue weighted by molar-refractivity contribution is 0.392. The van der Waals surface area contributed by atoms with E-state index in [1.165, 1.54) is 16.4 Å². The van der Waals surface area contributed by atoms with E-state index in [1.807, 2.05) is 18.2 Å². The summed E-state index contributed by atoms with van der Waals surface area (Å²) < 4.78 is 17.1. The molecule has 0 amide bonds. The van der Waals surface area contributed by atoms with E-state index < -0.39 is 5.76 Å². The van der Waals surface area contributed by atoms with Crippen molar-refractivity contribution < 1.29 is 13.9 Å². The lowest BCUT2D eigenvalue weighted by Crippen LogP contribution is -2.16. The Morgan fingerprint density at radius 1 is 1.26 bits per heavy atom. The first-order valence-electron chi connectivity index (χ1n) is 8.13. The molecule has 0 saturated carbocycles. The lowest BCUT2D eigenvalue weighted by Gasteiger charge is -2.07. The van der Waals surface area contributed by atoms with Crippen LogP contribution in [0.4, 0.5) is 0 Å².